The maximum atomic E-state index is 5.15. The van der Waals surface area contributed by atoms with Crippen molar-refractivity contribution in [2.45, 2.75) is 5.41 Å². The second-order valence-corrected chi connectivity index (χ2v) is 17.2. The normalized spacial score (nSPS) is 12.6. The summed E-state index contributed by atoms with van der Waals surface area (Å²) in [4.78, 5) is 10.3. The molecule has 2 aromatic heterocycles. The van der Waals surface area contributed by atoms with Gasteiger partial charge in [0, 0.05) is 36.9 Å². The van der Waals surface area contributed by atoms with Gasteiger partial charge in [-0.3, -0.25) is 0 Å². The topological polar surface area (TPSA) is 25.8 Å². The van der Waals surface area contributed by atoms with Crippen LogP contribution in [0, 0.1) is 0 Å². The third-order valence-electron chi connectivity index (χ3n) is 12.6. The van der Waals surface area contributed by atoms with E-state index in [4.69, 9.17) is 9.97 Å². The van der Waals surface area contributed by atoms with Gasteiger partial charge in [-0.05, 0) is 86.0 Å². The summed E-state index contributed by atoms with van der Waals surface area (Å²) in [6.45, 7) is 0. The fraction of sp³-hybridized carbons (Fsp3) is 0.0169. The van der Waals surface area contributed by atoms with Crippen molar-refractivity contribution in [1.29, 1.82) is 0 Å². The Hall–Kier alpha value is -7.72. The van der Waals surface area contributed by atoms with E-state index in [1.807, 2.05) is 29.5 Å². The van der Waals surface area contributed by atoms with Crippen LogP contribution in [-0.4, -0.2) is 9.97 Å². The second kappa shape index (κ2) is 14.8. The maximum absolute atomic E-state index is 5.15. The van der Waals surface area contributed by atoms with Crippen LogP contribution in [0.15, 0.2) is 231 Å². The zero-order chi connectivity index (χ0) is 41.0. The Bertz CT molecular complexity index is 3390. The van der Waals surface area contributed by atoms with Crippen molar-refractivity contribution in [2.75, 3.05) is 0 Å². The Balaban J connectivity index is 0.909. The zero-order valence-corrected chi connectivity index (χ0v) is 34.6. The number of hydrogen-bond donors (Lipinski definition) is 0. The number of rotatable bonds is 7. The van der Waals surface area contributed by atoms with E-state index < -0.39 is 5.41 Å². The molecule has 0 N–H and O–H groups in total. The predicted molar refractivity (Wildman–Crippen MR) is 259 cm³/mol. The summed E-state index contributed by atoms with van der Waals surface area (Å²) < 4.78 is 2.63. The van der Waals surface area contributed by atoms with Gasteiger partial charge in [0.1, 0.15) is 0 Å². The third-order valence-corrected chi connectivity index (χ3v) is 13.8. The minimum Gasteiger partial charge on any atom is -0.228 e. The first kappa shape index (κ1) is 36.2. The van der Waals surface area contributed by atoms with Crippen molar-refractivity contribution in [1.82, 2.24) is 9.97 Å². The summed E-state index contributed by atoms with van der Waals surface area (Å²) in [6, 6.07) is 83.4. The number of aromatic nitrogens is 2. The number of fused-ring (bicyclic) bond motifs is 6. The molecule has 290 valence electrons. The largest absolute Gasteiger partial charge is 0.228 e. The van der Waals surface area contributed by atoms with E-state index in [0.29, 0.717) is 5.82 Å². The average Bonchev–Trinajstić information content (AvgIpc) is 3.88. The van der Waals surface area contributed by atoms with Crippen LogP contribution in [0.2, 0.25) is 0 Å². The van der Waals surface area contributed by atoms with E-state index >= 15 is 0 Å². The lowest BCUT2D eigenvalue weighted by Gasteiger charge is -2.33. The van der Waals surface area contributed by atoms with Gasteiger partial charge in [0.15, 0.2) is 5.82 Å². The van der Waals surface area contributed by atoms with Gasteiger partial charge in [0.05, 0.1) is 16.8 Å². The molecule has 11 aromatic rings. The minimum absolute atomic E-state index is 0.411. The van der Waals surface area contributed by atoms with E-state index in [1.54, 1.807) is 0 Å². The highest BCUT2D eigenvalue weighted by Crippen LogP contribution is 2.56. The lowest BCUT2D eigenvalue weighted by atomic mass is 9.67. The Morgan fingerprint density at radius 2 is 0.790 bits per heavy atom. The van der Waals surface area contributed by atoms with Gasteiger partial charge in [0.25, 0.3) is 0 Å². The van der Waals surface area contributed by atoms with Crippen molar-refractivity contribution < 1.29 is 0 Å². The molecule has 0 saturated carbocycles. The van der Waals surface area contributed by atoms with Crippen molar-refractivity contribution in [2.24, 2.45) is 0 Å². The first-order valence-corrected chi connectivity index (χ1v) is 22.0. The molecule has 62 heavy (non-hydrogen) atoms. The number of hydrogen-bond acceptors (Lipinski definition) is 3. The Labute approximate surface area is 365 Å². The Kier molecular flexibility index (Phi) is 8.62. The molecule has 0 fully saturated rings. The van der Waals surface area contributed by atoms with E-state index in [1.165, 1.54) is 70.2 Å². The first-order chi connectivity index (χ1) is 30.7. The van der Waals surface area contributed by atoms with Gasteiger partial charge < -0.3 is 0 Å². The molecule has 0 unspecified atom stereocenters. The summed E-state index contributed by atoms with van der Waals surface area (Å²) in [6.07, 6.45) is 0. The average molecular weight is 807 g/mol. The Morgan fingerprint density at radius 1 is 0.306 bits per heavy atom. The number of thiophene rings is 1. The standard InChI is InChI=1S/C59H38N2S/c1-4-14-43(15-5-1)58-60-54(38-55(61-58)42-30-26-40(27-31-42)45-33-35-57-51(37-45)49-21-11-13-23-56(49)62-57)41-28-24-39(25-29-41)44-32-34-53-50(36-44)48-20-10-12-22-52(48)59(53,46-16-6-2-7-17-46)47-18-8-3-9-19-47/h1-38H. The van der Waals surface area contributed by atoms with Crippen molar-refractivity contribution >= 4 is 31.5 Å². The number of nitrogens with zero attached hydrogens (tertiary/aromatic N) is 2. The highest BCUT2D eigenvalue weighted by atomic mass is 32.1. The molecular weight excluding hydrogens is 769 g/mol. The van der Waals surface area contributed by atoms with E-state index in [0.717, 1.165) is 33.6 Å². The molecule has 0 atom stereocenters. The van der Waals surface area contributed by atoms with Crippen LogP contribution < -0.4 is 0 Å². The molecule has 12 rings (SSSR count). The monoisotopic (exact) mass is 806 g/mol. The van der Waals surface area contributed by atoms with Gasteiger partial charge in [-0.1, -0.05) is 200 Å². The zero-order valence-electron chi connectivity index (χ0n) is 33.7. The van der Waals surface area contributed by atoms with E-state index in [9.17, 15) is 0 Å². The molecule has 0 aliphatic heterocycles. The summed E-state index contributed by atoms with van der Waals surface area (Å²) in [5.41, 5.74) is 16.9. The van der Waals surface area contributed by atoms with Crippen LogP contribution in [-0.2, 0) is 5.41 Å². The molecular formula is C59H38N2S. The molecule has 1 aliphatic carbocycles. The molecule has 2 heterocycles. The van der Waals surface area contributed by atoms with Gasteiger partial charge in [0.2, 0.25) is 0 Å². The van der Waals surface area contributed by atoms with E-state index in [-0.39, 0.29) is 0 Å². The maximum Gasteiger partial charge on any atom is 0.160 e. The first-order valence-electron chi connectivity index (χ1n) is 21.1. The van der Waals surface area contributed by atoms with E-state index in [2.05, 4.69) is 212 Å². The fourth-order valence-electron chi connectivity index (χ4n) is 9.66. The van der Waals surface area contributed by atoms with Gasteiger partial charge >= 0.3 is 0 Å². The summed E-state index contributed by atoms with van der Waals surface area (Å²) in [5.74, 6) is 0.707. The van der Waals surface area contributed by atoms with Crippen LogP contribution in [0.5, 0.6) is 0 Å². The minimum atomic E-state index is -0.411. The van der Waals surface area contributed by atoms with Gasteiger partial charge in [-0.25, -0.2) is 9.97 Å². The van der Waals surface area contributed by atoms with Crippen molar-refractivity contribution in [3.8, 4) is 67.3 Å². The van der Waals surface area contributed by atoms with Gasteiger partial charge in [-0.2, -0.15) is 0 Å². The highest BCUT2D eigenvalue weighted by Gasteiger charge is 2.45. The molecule has 0 spiro atoms. The molecule has 0 amide bonds. The van der Waals surface area contributed by atoms with Crippen LogP contribution >= 0.6 is 11.3 Å². The molecule has 0 bridgehead atoms. The summed E-state index contributed by atoms with van der Waals surface area (Å²) >= 11 is 1.85. The highest BCUT2D eigenvalue weighted by molar-refractivity contribution is 7.25. The summed E-state index contributed by atoms with van der Waals surface area (Å²) in [7, 11) is 0. The van der Waals surface area contributed by atoms with Crippen LogP contribution in [0.25, 0.3) is 87.5 Å². The Morgan fingerprint density at radius 3 is 1.45 bits per heavy atom. The third kappa shape index (κ3) is 5.93. The summed E-state index contributed by atoms with van der Waals surface area (Å²) in [5, 5.41) is 2.62. The van der Waals surface area contributed by atoms with Crippen LogP contribution in [0.3, 0.4) is 0 Å². The van der Waals surface area contributed by atoms with Crippen LogP contribution in [0.4, 0.5) is 0 Å². The molecule has 3 heteroatoms. The molecule has 0 radical (unpaired) electrons. The molecule has 9 aromatic carbocycles. The van der Waals surface area contributed by atoms with Gasteiger partial charge in [-0.15, -0.1) is 11.3 Å². The second-order valence-electron chi connectivity index (χ2n) is 16.1. The molecule has 2 nitrogen and oxygen atoms in total. The SMILES string of the molecule is c1ccc(-c2nc(-c3ccc(-c4ccc5c(c4)-c4ccccc4C5(c4ccccc4)c4ccccc4)cc3)cc(-c3ccc(-c4ccc5sc6ccccc6c5c4)cc3)n2)cc1. The predicted octanol–water partition coefficient (Wildman–Crippen LogP) is 15.5. The lowest BCUT2D eigenvalue weighted by molar-refractivity contribution is 0.768. The smallest absolute Gasteiger partial charge is 0.160 e. The number of benzene rings is 9. The molecule has 1 aliphatic rings. The lowest BCUT2D eigenvalue weighted by Crippen LogP contribution is -2.28. The van der Waals surface area contributed by atoms with Crippen LogP contribution in [0.1, 0.15) is 22.3 Å². The molecule has 0 saturated heterocycles. The quantitative estimate of drug-likeness (QED) is 0.160. The fourth-order valence-corrected chi connectivity index (χ4v) is 10.7. The van der Waals surface area contributed by atoms with Crippen molar-refractivity contribution in [3.63, 3.8) is 0 Å². The van der Waals surface area contributed by atoms with Crippen molar-refractivity contribution in [3.05, 3.63) is 253 Å².